The first-order chi connectivity index (χ1) is 17.7. The number of ether oxygens (including phenoxy) is 3. The first kappa shape index (κ1) is 25.8. The monoisotopic (exact) mass is 488 g/mol. The van der Waals surface area contributed by atoms with Gasteiger partial charge in [-0.25, -0.2) is 4.98 Å². The van der Waals surface area contributed by atoms with Crippen molar-refractivity contribution in [2.75, 3.05) is 6.61 Å². The van der Waals surface area contributed by atoms with Crippen molar-refractivity contribution in [3.8, 4) is 0 Å². The largest absolute Gasteiger partial charge is 0.388 e. The minimum atomic E-state index is -1.11. The van der Waals surface area contributed by atoms with Crippen molar-refractivity contribution in [3.05, 3.63) is 126 Å². The second-order valence-corrected chi connectivity index (χ2v) is 8.54. The molecule has 0 bridgehead atoms. The number of aliphatic hydroxyl groups excluding tert-OH is 2. The van der Waals surface area contributed by atoms with E-state index in [9.17, 15) is 10.2 Å². The van der Waals surface area contributed by atoms with E-state index in [1.165, 1.54) is 12.5 Å². The number of aromatic nitrogens is 2. The molecule has 1 aromatic heterocycles. The van der Waals surface area contributed by atoms with E-state index in [0.29, 0.717) is 12.3 Å². The quantitative estimate of drug-likeness (QED) is 0.246. The van der Waals surface area contributed by atoms with Crippen LogP contribution in [0, 0.1) is 0 Å². The van der Waals surface area contributed by atoms with Crippen LogP contribution >= 0.6 is 0 Å². The molecule has 0 saturated heterocycles. The standard InChI is InChI=1S/C29H32N2O5/c32-26(20-34-17-22-10-4-1-5-11-22)28(35-18-23-12-6-2-7-13-23)29(27(33)25-16-30-21-31-25)36-19-24-14-8-3-9-15-24/h1-16,21,26-29,32-33H,17-20H2,(H,30,31)/t26-,27?,28-,29+/m1/s1. The van der Waals surface area contributed by atoms with E-state index in [1.807, 2.05) is 91.0 Å². The van der Waals surface area contributed by atoms with E-state index in [2.05, 4.69) is 9.97 Å². The lowest BCUT2D eigenvalue weighted by Gasteiger charge is -2.33. The Balaban J connectivity index is 1.52. The summed E-state index contributed by atoms with van der Waals surface area (Å²) in [5.41, 5.74) is 3.35. The Morgan fingerprint density at radius 2 is 1.17 bits per heavy atom. The van der Waals surface area contributed by atoms with Crippen LogP contribution in [0.3, 0.4) is 0 Å². The summed E-state index contributed by atoms with van der Waals surface area (Å²) in [6.07, 6.45) is -0.925. The Morgan fingerprint density at radius 1 is 0.667 bits per heavy atom. The highest BCUT2D eigenvalue weighted by Gasteiger charge is 2.37. The molecule has 3 aromatic carbocycles. The van der Waals surface area contributed by atoms with Gasteiger partial charge in [0.05, 0.1) is 44.6 Å². The summed E-state index contributed by atoms with van der Waals surface area (Å²) in [4.78, 5) is 6.96. The molecule has 0 amide bonds. The second-order valence-electron chi connectivity index (χ2n) is 8.54. The lowest BCUT2D eigenvalue weighted by Crippen LogP contribution is -2.46. The van der Waals surface area contributed by atoms with E-state index in [0.717, 1.165) is 16.7 Å². The third-order valence-electron chi connectivity index (χ3n) is 5.82. The second kappa shape index (κ2) is 13.7. The van der Waals surface area contributed by atoms with Crippen molar-refractivity contribution in [2.45, 2.75) is 44.2 Å². The van der Waals surface area contributed by atoms with Gasteiger partial charge < -0.3 is 29.4 Å². The number of hydrogen-bond acceptors (Lipinski definition) is 6. The zero-order valence-corrected chi connectivity index (χ0v) is 20.0. The van der Waals surface area contributed by atoms with Gasteiger partial charge in [-0.05, 0) is 16.7 Å². The average molecular weight is 489 g/mol. The van der Waals surface area contributed by atoms with Gasteiger partial charge in [0.25, 0.3) is 0 Å². The summed E-state index contributed by atoms with van der Waals surface area (Å²) in [7, 11) is 0. The van der Waals surface area contributed by atoms with Gasteiger partial charge in [0, 0.05) is 0 Å². The van der Waals surface area contributed by atoms with Crippen LogP contribution in [0.2, 0.25) is 0 Å². The number of H-pyrrole nitrogens is 1. The van der Waals surface area contributed by atoms with E-state index in [1.54, 1.807) is 0 Å². The smallest absolute Gasteiger partial charge is 0.124 e. The fraction of sp³-hybridized carbons (Fsp3) is 0.276. The summed E-state index contributed by atoms with van der Waals surface area (Å²) >= 11 is 0. The van der Waals surface area contributed by atoms with Crippen LogP contribution in [0.5, 0.6) is 0 Å². The Labute approximate surface area is 211 Å². The fourth-order valence-corrected chi connectivity index (χ4v) is 3.90. The maximum Gasteiger partial charge on any atom is 0.124 e. The predicted molar refractivity (Wildman–Crippen MR) is 136 cm³/mol. The average Bonchev–Trinajstić information content (AvgIpc) is 3.47. The van der Waals surface area contributed by atoms with Crippen LogP contribution in [-0.2, 0) is 34.0 Å². The van der Waals surface area contributed by atoms with Crippen LogP contribution in [0.1, 0.15) is 28.5 Å². The molecule has 0 aliphatic rings. The van der Waals surface area contributed by atoms with Gasteiger partial charge in [-0.15, -0.1) is 0 Å². The highest BCUT2D eigenvalue weighted by atomic mass is 16.6. The molecule has 4 rings (SSSR count). The number of benzene rings is 3. The van der Waals surface area contributed by atoms with E-state index >= 15 is 0 Å². The van der Waals surface area contributed by atoms with Crippen molar-refractivity contribution < 1.29 is 24.4 Å². The third kappa shape index (κ3) is 7.58. The van der Waals surface area contributed by atoms with Gasteiger partial charge in [-0.1, -0.05) is 91.0 Å². The zero-order valence-electron chi connectivity index (χ0n) is 20.0. The van der Waals surface area contributed by atoms with Gasteiger partial charge in [-0.3, -0.25) is 0 Å². The predicted octanol–water partition coefficient (Wildman–Crippen LogP) is 4.19. The number of aromatic amines is 1. The van der Waals surface area contributed by atoms with Crippen molar-refractivity contribution in [3.63, 3.8) is 0 Å². The Morgan fingerprint density at radius 3 is 1.67 bits per heavy atom. The van der Waals surface area contributed by atoms with Gasteiger partial charge in [0.2, 0.25) is 0 Å². The molecule has 1 unspecified atom stereocenters. The summed E-state index contributed by atoms with van der Waals surface area (Å²) in [6, 6.07) is 29.1. The molecule has 0 saturated carbocycles. The molecule has 3 N–H and O–H groups in total. The maximum atomic E-state index is 11.2. The van der Waals surface area contributed by atoms with Crippen molar-refractivity contribution in [2.24, 2.45) is 0 Å². The molecule has 1 heterocycles. The lowest BCUT2D eigenvalue weighted by atomic mass is 10.0. The molecule has 7 nitrogen and oxygen atoms in total. The molecular weight excluding hydrogens is 456 g/mol. The highest BCUT2D eigenvalue weighted by molar-refractivity contribution is 5.15. The Hall–Kier alpha value is -3.33. The number of rotatable bonds is 14. The summed E-state index contributed by atoms with van der Waals surface area (Å²) in [6.45, 7) is 0.832. The van der Waals surface area contributed by atoms with Gasteiger partial charge in [-0.2, -0.15) is 0 Å². The lowest BCUT2D eigenvalue weighted by molar-refractivity contribution is -0.177. The van der Waals surface area contributed by atoms with Gasteiger partial charge in [0.15, 0.2) is 0 Å². The van der Waals surface area contributed by atoms with Crippen LogP contribution in [0.15, 0.2) is 104 Å². The maximum absolute atomic E-state index is 11.2. The van der Waals surface area contributed by atoms with Crippen LogP contribution in [0.4, 0.5) is 0 Å². The molecule has 0 radical (unpaired) electrons. The highest BCUT2D eigenvalue weighted by Crippen LogP contribution is 2.26. The summed E-state index contributed by atoms with van der Waals surface area (Å²) in [5, 5.41) is 22.5. The van der Waals surface area contributed by atoms with E-state index in [4.69, 9.17) is 14.2 Å². The molecule has 4 atom stereocenters. The van der Waals surface area contributed by atoms with Crippen molar-refractivity contribution >= 4 is 0 Å². The van der Waals surface area contributed by atoms with E-state index < -0.39 is 24.4 Å². The van der Waals surface area contributed by atoms with Crippen molar-refractivity contribution in [1.82, 2.24) is 9.97 Å². The molecule has 0 aliphatic carbocycles. The minimum Gasteiger partial charge on any atom is -0.388 e. The fourth-order valence-electron chi connectivity index (χ4n) is 3.90. The topological polar surface area (TPSA) is 96.8 Å². The van der Waals surface area contributed by atoms with Crippen LogP contribution < -0.4 is 0 Å². The van der Waals surface area contributed by atoms with Gasteiger partial charge >= 0.3 is 0 Å². The van der Waals surface area contributed by atoms with Crippen molar-refractivity contribution in [1.29, 1.82) is 0 Å². The van der Waals surface area contributed by atoms with Gasteiger partial charge in [0.1, 0.15) is 24.4 Å². The SMILES string of the molecule is OC(c1cnc[nH]1)[C@H](OCc1ccccc1)[C@H](OCc1ccccc1)[C@H](O)COCc1ccccc1. The molecule has 4 aromatic rings. The molecule has 188 valence electrons. The van der Waals surface area contributed by atoms with E-state index in [-0.39, 0.29) is 19.8 Å². The number of nitrogens with zero attached hydrogens (tertiary/aromatic N) is 1. The zero-order chi connectivity index (χ0) is 25.0. The first-order valence-electron chi connectivity index (χ1n) is 12.0. The number of aliphatic hydroxyl groups is 2. The summed E-state index contributed by atoms with van der Waals surface area (Å²) in [5.74, 6) is 0. The molecule has 0 fully saturated rings. The molecular formula is C29H32N2O5. The molecule has 36 heavy (non-hydrogen) atoms. The Kier molecular flexibility index (Phi) is 9.78. The molecule has 0 spiro atoms. The van der Waals surface area contributed by atoms with Crippen LogP contribution in [0.25, 0.3) is 0 Å². The first-order valence-corrected chi connectivity index (χ1v) is 12.0. The molecule has 0 aliphatic heterocycles. The number of hydrogen-bond donors (Lipinski definition) is 3. The minimum absolute atomic E-state index is 0.00917. The number of nitrogens with one attached hydrogen (secondary N) is 1. The van der Waals surface area contributed by atoms with Crippen LogP contribution in [-0.4, -0.2) is 45.1 Å². The molecule has 7 heteroatoms. The summed E-state index contributed by atoms with van der Waals surface area (Å²) < 4.78 is 18.2. The Bertz CT molecular complexity index is 1110. The third-order valence-corrected chi connectivity index (χ3v) is 5.82. The normalized spacial score (nSPS) is 14.7. The number of imidazole rings is 1.